The van der Waals surface area contributed by atoms with Gasteiger partial charge in [0.15, 0.2) is 10.4 Å². The fraction of sp³-hybridized carbons (Fsp3) is 0.250. The Morgan fingerprint density at radius 3 is 2.95 bits per heavy atom. The number of aromatic amines is 1. The van der Waals surface area contributed by atoms with Crippen LogP contribution in [0.15, 0.2) is 18.6 Å². The SMILES string of the molecule is COc1ncnc2c1[nH]c(=S)n2Cc1ccnc(C)n1. The molecule has 102 valence electrons. The minimum absolute atomic E-state index is 0.471. The van der Waals surface area contributed by atoms with Crippen molar-refractivity contribution in [1.82, 2.24) is 29.5 Å². The lowest BCUT2D eigenvalue weighted by atomic mass is 10.4. The van der Waals surface area contributed by atoms with E-state index in [9.17, 15) is 0 Å². The largest absolute Gasteiger partial charge is 0.479 e. The first-order valence-corrected chi connectivity index (χ1v) is 6.36. The van der Waals surface area contributed by atoms with Crippen molar-refractivity contribution < 1.29 is 4.74 Å². The second-order valence-corrected chi connectivity index (χ2v) is 4.58. The molecular weight excluding hydrogens is 276 g/mol. The highest BCUT2D eigenvalue weighted by atomic mass is 32.1. The second kappa shape index (κ2) is 4.97. The summed E-state index contributed by atoms with van der Waals surface area (Å²) in [6.45, 7) is 2.37. The number of hydrogen-bond acceptors (Lipinski definition) is 6. The zero-order chi connectivity index (χ0) is 14.1. The molecule has 7 nitrogen and oxygen atoms in total. The van der Waals surface area contributed by atoms with Gasteiger partial charge in [-0.15, -0.1) is 0 Å². The van der Waals surface area contributed by atoms with Gasteiger partial charge in [0.05, 0.1) is 19.3 Å². The molecule has 3 rings (SSSR count). The number of H-pyrrole nitrogens is 1. The van der Waals surface area contributed by atoms with E-state index < -0.39 is 0 Å². The average Bonchev–Trinajstić information content (AvgIpc) is 2.75. The van der Waals surface area contributed by atoms with Gasteiger partial charge < -0.3 is 9.72 Å². The minimum atomic E-state index is 0.471. The Morgan fingerprint density at radius 2 is 2.20 bits per heavy atom. The van der Waals surface area contributed by atoms with Crippen LogP contribution in [0.5, 0.6) is 5.88 Å². The molecule has 1 N–H and O–H groups in total. The van der Waals surface area contributed by atoms with Crippen LogP contribution < -0.4 is 4.74 Å². The van der Waals surface area contributed by atoms with E-state index in [4.69, 9.17) is 17.0 Å². The number of aromatic nitrogens is 6. The second-order valence-electron chi connectivity index (χ2n) is 4.19. The number of nitrogens with one attached hydrogen (secondary N) is 1. The molecule has 0 amide bonds. The summed E-state index contributed by atoms with van der Waals surface area (Å²) in [5, 5.41) is 0. The number of imidazole rings is 1. The molecular formula is C12H12N6OS. The molecule has 0 atom stereocenters. The van der Waals surface area contributed by atoms with E-state index in [1.54, 1.807) is 13.3 Å². The average molecular weight is 288 g/mol. The van der Waals surface area contributed by atoms with Crippen LogP contribution in [-0.2, 0) is 6.54 Å². The molecule has 0 radical (unpaired) electrons. The maximum absolute atomic E-state index is 5.33. The lowest BCUT2D eigenvalue weighted by Gasteiger charge is -2.04. The molecule has 8 heteroatoms. The molecule has 20 heavy (non-hydrogen) atoms. The maximum atomic E-state index is 5.33. The number of aryl methyl sites for hydroxylation is 1. The fourth-order valence-electron chi connectivity index (χ4n) is 2.00. The summed E-state index contributed by atoms with van der Waals surface area (Å²) in [5.41, 5.74) is 2.25. The van der Waals surface area contributed by atoms with E-state index in [1.165, 1.54) is 6.33 Å². The van der Waals surface area contributed by atoms with Gasteiger partial charge in [-0.2, -0.15) is 4.98 Å². The Kier molecular flexibility index (Phi) is 3.15. The molecule has 0 aliphatic carbocycles. The third-order valence-corrected chi connectivity index (χ3v) is 3.19. The van der Waals surface area contributed by atoms with Crippen molar-refractivity contribution in [2.24, 2.45) is 0 Å². The van der Waals surface area contributed by atoms with E-state index in [-0.39, 0.29) is 0 Å². The van der Waals surface area contributed by atoms with Crippen LogP contribution >= 0.6 is 12.2 Å². The number of hydrogen-bond donors (Lipinski definition) is 1. The zero-order valence-corrected chi connectivity index (χ0v) is 11.8. The summed E-state index contributed by atoms with van der Waals surface area (Å²) in [7, 11) is 1.56. The lowest BCUT2D eigenvalue weighted by Crippen LogP contribution is -2.04. The zero-order valence-electron chi connectivity index (χ0n) is 11.0. The standard InChI is InChI=1S/C12H12N6OS/c1-7-13-4-3-8(16-7)5-18-10-9(17-12(18)20)11(19-2)15-6-14-10/h3-4,6H,5H2,1-2H3,(H,17,20). The van der Waals surface area contributed by atoms with E-state index in [0.29, 0.717) is 28.4 Å². The van der Waals surface area contributed by atoms with Crippen LogP contribution in [0.3, 0.4) is 0 Å². The number of nitrogens with zero attached hydrogens (tertiary/aromatic N) is 5. The number of ether oxygens (including phenoxy) is 1. The van der Waals surface area contributed by atoms with E-state index in [2.05, 4.69) is 24.9 Å². The van der Waals surface area contributed by atoms with E-state index >= 15 is 0 Å². The first-order chi connectivity index (χ1) is 9.69. The highest BCUT2D eigenvalue weighted by molar-refractivity contribution is 7.71. The topological polar surface area (TPSA) is 81.5 Å². The molecule has 0 saturated carbocycles. The smallest absolute Gasteiger partial charge is 0.242 e. The molecule has 0 spiro atoms. The number of rotatable bonds is 3. The van der Waals surface area contributed by atoms with Gasteiger partial charge in [-0.3, -0.25) is 4.57 Å². The molecule has 0 aliphatic rings. The third kappa shape index (κ3) is 2.14. The van der Waals surface area contributed by atoms with Gasteiger partial charge in [-0.05, 0) is 25.2 Å². The molecule has 3 aromatic heterocycles. The highest BCUT2D eigenvalue weighted by Gasteiger charge is 2.12. The first kappa shape index (κ1) is 12.7. The third-order valence-electron chi connectivity index (χ3n) is 2.87. The number of methoxy groups -OCH3 is 1. The molecule has 0 unspecified atom stereocenters. The number of fused-ring (bicyclic) bond motifs is 1. The summed E-state index contributed by atoms with van der Waals surface area (Å²) in [5.74, 6) is 1.19. The molecule has 0 fully saturated rings. The Labute approximate surface area is 119 Å². The molecule has 3 heterocycles. The molecule has 0 aromatic carbocycles. The summed E-state index contributed by atoms with van der Waals surface area (Å²) in [4.78, 5) is 19.8. The Bertz CT molecular complexity index is 824. The monoisotopic (exact) mass is 288 g/mol. The normalized spacial score (nSPS) is 10.9. The van der Waals surface area contributed by atoms with Crippen LogP contribution in [-0.4, -0.2) is 36.6 Å². The summed E-state index contributed by atoms with van der Waals surface area (Å²) in [6, 6.07) is 1.85. The van der Waals surface area contributed by atoms with Crippen LogP contribution in [0.4, 0.5) is 0 Å². The van der Waals surface area contributed by atoms with Crippen molar-refractivity contribution in [1.29, 1.82) is 0 Å². The van der Waals surface area contributed by atoms with Crippen molar-refractivity contribution in [2.45, 2.75) is 13.5 Å². The summed E-state index contributed by atoms with van der Waals surface area (Å²) in [6.07, 6.45) is 3.18. The van der Waals surface area contributed by atoms with Crippen molar-refractivity contribution in [3.63, 3.8) is 0 Å². The molecule has 3 aromatic rings. The van der Waals surface area contributed by atoms with Crippen molar-refractivity contribution >= 4 is 23.4 Å². The predicted octanol–water partition coefficient (Wildman–Crippen LogP) is 1.64. The summed E-state index contributed by atoms with van der Waals surface area (Å²) >= 11 is 5.33. The van der Waals surface area contributed by atoms with Gasteiger partial charge in [-0.25, -0.2) is 15.0 Å². The van der Waals surface area contributed by atoms with Crippen LogP contribution in [0.1, 0.15) is 11.5 Å². The minimum Gasteiger partial charge on any atom is -0.479 e. The highest BCUT2D eigenvalue weighted by Crippen LogP contribution is 2.20. The van der Waals surface area contributed by atoms with Crippen LogP contribution in [0.25, 0.3) is 11.2 Å². The van der Waals surface area contributed by atoms with E-state index in [1.807, 2.05) is 17.6 Å². The van der Waals surface area contributed by atoms with Gasteiger partial charge in [-0.1, -0.05) is 0 Å². The van der Waals surface area contributed by atoms with Crippen molar-refractivity contribution in [2.75, 3.05) is 7.11 Å². The van der Waals surface area contributed by atoms with Crippen LogP contribution in [0, 0.1) is 11.7 Å². The summed E-state index contributed by atoms with van der Waals surface area (Å²) < 4.78 is 7.61. The van der Waals surface area contributed by atoms with E-state index in [0.717, 1.165) is 11.5 Å². The van der Waals surface area contributed by atoms with Gasteiger partial charge >= 0.3 is 0 Å². The van der Waals surface area contributed by atoms with Gasteiger partial charge in [0, 0.05) is 6.20 Å². The van der Waals surface area contributed by atoms with Gasteiger partial charge in [0.1, 0.15) is 17.7 Å². The Balaban J connectivity index is 2.12. The first-order valence-electron chi connectivity index (χ1n) is 5.95. The quantitative estimate of drug-likeness (QED) is 0.738. The maximum Gasteiger partial charge on any atom is 0.242 e. The Morgan fingerprint density at radius 1 is 1.35 bits per heavy atom. The predicted molar refractivity (Wildman–Crippen MR) is 75.1 cm³/mol. The van der Waals surface area contributed by atoms with Gasteiger partial charge in [0.25, 0.3) is 0 Å². The van der Waals surface area contributed by atoms with Crippen molar-refractivity contribution in [3.8, 4) is 5.88 Å². The fourth-order valence-corrected chi connectivity index (χ4v) is 2.26. The molecule has 0 aliphatic heterocycles. The van der Waals surface area contributed by atoms with Crippen LogP contribution in [0.2, 0.25) is 0 Å². The molecule has 0 bridgehead atoms. The lowest BCUT2D eigenvalue weighted by molar-refractivity contribution is 0.401. The Hall–Kier alpha value is -2.35. The van der Waals surface area contributed by atoms with Crippen molar-refractivity contribution in [3.05, 3.63) is 34.9 Å². The van der Waals surface area contributed by atoms with Gasteiger partial charge in [0.2, 0.25) is 5.88 Å². The molecule has 0 saturated heterocycles.